The van der Waals surface area contributed by atoms with E-state index in [-0.39, 0.29) is 11.7 Å². The van der Waals surface area contributed by atoms with E-state index in [0.717, 1.165) is 11.3 Å². The number of hydrogen-bond donors (Lipinski definition) is 2. The zero-order valence-corrected chi connectivity index (χ0v) is 16.2. The molecule has 0 aliphatic rings. The Balaban J connectivity index is 2.07. The second-order valence-electron chi connectivity index (χ2n) is 6.49. The second kappa shape index (κ2) is 9.21. The zero-order chi connectivity index (χ0) is 21.6. The molecule has 0 amide bonds. The van der Waals surface area contributed by atoms with Gasteiger partial charge in [0.2, 0.25) is 0 Å². The van der Waals surface area contributed by atoms with E-state index in [2.05, 4.69) is 15.0 Å². The van der Waals surface area contributed by atoms with Crippen LogP contribution in [0.3, 0.4) is 0 Å². The van der Waals surface area contributed by atoms with Gasteiger partial charge in [0.15, 0.2) is 17.8 Å². The Bertz CT molecular complexity index is 1000. The molecule has 0 aliphatic heterocycles. The fraction of sp³-hybridized carbons (Fsp3) is 0.182. The Kier molecular flexibility index (Phi) is 6.46. The predicted molar refractivity (Wildman–Crippen MR) is 109 cm³/mol. The van der Waals surface area contributed by atoms with Gasteiger partial charge in [0.1, 0.15) is 11.5 Å². The first-order chi connectivity index (χ1) is 14.5. The highest BCUT2D eigenvalue weighted by Gasteiger charge is 2.35. The summed E-state index contributed by atoms with van der Waals surface area (Å²) in [5, 5.41) is 2.71. The van der Waals surface area contributed by atoms with Gasteiger partial charge in [-0.25, -0.2) is 4.99 Å². The highest BCUT2D eigenvalue weighted by Crippen LogP contribution is 2.34. The maximum Gasteiger partial charge on any atom is 0.387 e. The molecule has 0 fully saturated rings. The molecule has 1 unspecified atom stereocenters. The standard InChI is InChI=1S/C22H21F2N3O3/c1-26-21(25)27-22(14-28,16-7-9-18(10-8-16)30-20(23)24)17-5-2-4-15(12-17)13-19-6-3-11-29-19/h2-12,14,20H,13H2,1H3,(H3,25,26,27). The SMILES string of the molecule is CN/C(N)=N\C(C=O)(c1ccc(OC(F)F)cc1)c1cccc(Cc2ccco2)c1. The molecule has 0 aliphatic carbocycles. The third-order valence-electron chi connectivity index (χ3n) is 4.57. The summed E-state index contributed by atoms with van der Waals surface area (Å²) in [6.07, 6.45) is 2.80. The molecule has 1 aromatic heterocycles. The van der Waals surface area contributed by atoms with Gasteiger partial charge in [0.05, 0.1) is 6.26 Å². The van der Waals surface area contributed by atoms with Crippen LogP contribution in [0.25, 0.3) is 0 Å². The molecule has 0 spiro atoms. The largest absolute Gasteiger partial charge is 0.469 e. The number of aliphatic imine (C=N–C) groups is 1. The molecule has 1 heterocycles. The van der Waals surface area contributed by atoms with Crippen molar-refractivity contribution in [2.24, 2.45) is 10.7 Å². The number of nitrogens with two attached hydrogens (primary N) is 1. The van der Waals surface area contributed by atoms with Gasteiger partial charge in [-0.2, -0.15) is 8.78 Å². The van der Waals surface area contributed by atoms with Crippen molar-refractivity contribution in [1.29, 1.82) is 0 Å². The van der Waals surface area contributed by atoms with Gasteiger partial charge in [-0.05, 0) is 41.0 Å². The molecule has 0 bridgehead atoms. The maximum absolute atomic E-state index is 12.5. The normalized spacial score (nSPS) is 13.7. The van der Waals surface area contributed by atoms with E-state index in [1.54, 1.807) is 25.4 Å². The average Bonchev–Trinajstić information content (AvgIpc) is 3.25. The lowest BCUT2D eigenvalue weighted by atomic mass is 9.83. The van der Waals surface area contributed by atoms with Crippen LogP contribution in [0.5, 0.6) is 5.75 Å². The van der Waals surface area contributed by atoms with Crippen molar-refractivity contribution < 1.29 is 22.7 Å². The van der Waals surface area contributed by atoms with Crippen LogP contribution in [0, 0.1) is 0 Å². The number of benzene rings is 2. The van der Waals surface area contributed by atoms with E-state index in [1.165, 1.54) is 24.3 Å². The Morgan fingerprint density at radius 1 is 1.20 bits per heavy atom. The van der Waals surface area contributed by atoms with E-state index in [0.29, 0.717) is 23.8 Å². The molecule has 0 saturated heterocycles. The first-order valence-corrected chi connectivity index (χ1v) is 9.13. The number of carbonyl (C=O) groups excluding carboxylic acids is 1. The lowest BCUT2D eigenvalue weighted by Crippen LogP contribution is -2.36. The Labute approximate surface area is 172 Å². The summed E-state index contributed by atoms with van der Waals surface area (Å²) in [5.74, 6) is 0.799. The summed E-state index contributed by atoms with van der Waals surface area (Å²) < 4.78 is 34.7. The van der Waals surface area contributed by atoms with Gasteiger partial charge in [-0.1, -0.05) is 36.4 Å². The van der Waals surface area contributed by atoms with Crippen LogP contribution in [-0.4, -0.2) is 25.9 Å². The van der Waals surface area contributed by atoms with Gasteiger partial charge in [0.25, 0.3) is 0 Å². The number of nitrogens with zero attached hydrogens (tertiary/aromatic N) is 1. The first-order valence-electron chi connectivity index (χ1n) is 9.13. The molecular weight excluding hydrogens is 392 g/mol. The lowest BCUT2D eigenvalue weighted by Gasteiger charge is -2.26. The molecule has 8 heteroatoms. The zero-order valence-electron chi connectivity index (χ0n) is 16.2. The number of furan rings is 1. The summed E-state index contributed by atoms with van der Waals surface area (Å²) in [6, 6.07) is 16.7. The molecule has 156 valence electrons. The second-order valence-corrected chi connectivity index (χ2v) is 6.49. The minimum absolute atomic E-state index is 0.0225. The molecule has 30 heavy (non-hydrogen) atoms. The lowest BCUT2D eigenvalue weighted by molar-refractivity contribution is -0.111. The number of hydrogen-bond acceptors (Lipinski definition) is 4. The number of alkyl halides is 2. The van der Waals surface area contributed by atoms with E-state index >= 15 is 0 Å². The van der Waals surface area contributed by atoms with E-state index in [4.69, 9.17) is 10.2 Å². The summed E-state index contributed by atoms with van der Waals surface area (Å²) in [5.41, 5.74) is 6.35. The number of carbonyl (C=O) groups is 1. The highest BCUT2D eigenvalue weighted by atomic mass is 19.3. The molecule has 6 nitrogen and oxygen atoms in total. The number of ether oxygens (including phenoxy) is 1. The number of aldehydes is 1. The summed E-state index contributed by atoms with van der Waals surface area (Å²) in [4.78, 5) is 16.8. The van der Waals surface area contributed by atoms with Gasteiger partial charge >= 0.3 is 6.61 Å². The Morgan fingerprint density at radius 3 is 2.57 bits per heavy atom. The molecule has 0 saturated carbocycles. The molecular formula is C22H21F2N3O3. The van der Waals surface area contributed by atoms with Crippen LogP contribution in [-0.2, 0) is 16.8 Å². The third-order valence-corrected chi connectivity index (χ3v) is 4.57. The van der Waals surface area contributed by atoms with E-state index < -0.39 is 12.2 Å². The smallest absolute Gasteiger partial charge is 0.387 e. The molecule has 3 rings (SSSR count). The van der Waals surface area contributed by atoms with E-state index in [1.807, 2.05) is 24.3 Å². The van der Waals surface area contributed by atoms with Crippen LogP contribution in [0.15, 0.2) is 76.3 Å². The van der Waals surface area contributed by atoms with Gasteiger partial charge in [-0.3, -0.25) is 4.79 Å². The van der Waals surface area contributed by atoms with Crippen molar-refractivity contribution in [3.05, 3.63) is 89.4 Å². The summed E-state index contributed by atoms with van der Waals surface area (Å²) in [7, 11) is 1.58. The van der Waals surface area contributed by atoms with Gasteiger partial charge < -0.3 is 20.2 Å². The number of halogens is 2. The van der Waals surface area contributed by atoms with Crippen LogP contribution in [0.4, 0.5) is 8.78 Å². The van der Waals surface area contributed by atoms with Gasteiger partial charge in [0, 0.05) is 13.5 Å². The third kappa shape index (κ3) is 4.65. The minimum atomic E-state index is -2.94. The predicted octanol–water partition coefficient (Wildman–Crippen LogP) is 3.45. The van der Waals surface area contributed by atoms with Crippen LogP contribution < -0.4 is 15.8 Å². The molecule has 1 atom stereocenters. The van der Waals surface area contributed by atoms with Gasteiger partial charge in [-0.15, -0.1) is 0 Å². The fourth-order valence-corrected chi connectivity index (χ4v) is 3.13. The van der Waals surface area contributed by atoms with Crippen molar-refractivity contribution >= 4 is 12.2 Å². The van der Waals surface area contributed by atoms with Crippen LogP contribution in [0.2, 0.25) is 0 Å². The van der Waals surface area contributed by atoms with Crippen molar-refractivity contribution in [2.45, 2.75) is 18.6 Å². The fourth-order valence-electron chi connectivity index (χ4n) is 3.13. The molecule has 3 N–H and O–H groups in total. The topological polar surface area (TPSA) is 89.8 Å². The maximum atomic E-state index is 12.5. The monoisotopic (exact) mass is 413 g/mol. The Hall–Kier alpha value is -3.68. The average molecular weight is 413 g/mol. The van der Waals surface area contributed by atoms with Crippen molar-refractivity contribution in [3.8, 4) is 5.75 Å². The first kappa shape index (κ1) is 21.0. The highest BCUT2D eigenvalue weighted by molar-refractivity contribution is 5.84. The van der Waals surface area contributed by atoms with Crippen molar-refractivity contribution in [2.75, 3.05) is 7.05 Å². The van der Waals surface area contributed by atoms with Crippen LogP contribution in [0.1, 0.15) is 22.5 Å². The van der Waals surface area contributed by atoms with Crippen molar-refractivity contribution in [1.82, 2.24) is 5.32 Å². The minimum Gasteiger partial charge on any atom is -0.469 e. The molecule has 3 aromatic rings. The Morgan fingerprint density at radius 2 is 1.97 bits per heavy atom. The number of rotatable bonds is 8. The van der Waals surface area contributed by atoms with E-state index in [9.17, 15) is 13.6 Å². The van der Waals surface area contributed by atoms with Crippen molar-refractivity contribution in [3.63, 3.8) is 0 Å². The molecule has 0 radical (unpaired) electrons. The number of guanidine groups is 1. The van der Waals surface area contributed by atoms with Crippen LogP contribution >= 0.6 is 0 Å². The summed E-state index contributed by atoms with van der Waals surface area (Å²) >= 11 is 0. The quantitative estimate of drug-likeness (QED) is 0.335. The number of nitrogens with one attached hydrogen (secondary N) is 1. The summed E-state index contributed by atoms with van der Waals surface area (Å²) in [6.45, 7) is -2.94. The molecule has 2 aromatic carbocycles.